The van der Waals surface area contributed by atoms with E-state index in [4.69, 9.17) is 4.74 Å². The van der Waals surface area contributed by atoms with Crippen molar-refractivity contribution in [3.05, 3.63) is 35.4 Å². The highest BCUT2D eigenvalue weighted by Crippen LogP contribution is 2.13. The average molecular weight is 293 g/mol. The number of benzene rings is 1. The van der Waals surface area contributed by atoms with E-state index >= 15 is 0 Å². The fourth-order valence-electron chi connectivity index (χ4n) is 2.08. The average Bonchev–Trinajstić information content (AvgIpc) is 2.48. The van der Waals surface area contributed by atoms with Gasteiger partial charge in [0.05, 0.1) is 20.6 Å². The summed E-state index contributed by atoms with van der Waals surface area (Å²) >= 11 is 0. The van der Waals surface area contributed by atoms with Crippen molar-refractivity contribution in [2.75, 3.05) is 27.8 Å². The van der Waals surface area contributed by atoms with Gasteiger partial charge in [0.15, 0.2) is 0 Å². The van der Waals surface area contributed by atoms with E-state index in [1.165, 1.54) is 14.2 Å². The Kier molecular flexibility index (Phi) is 7.46. The van der Waals surface area contributed by atoms with E-state index in [9.17, 15) is 9.59 Å². The van der Waals surface area contributed by atoms with Crippen LogP contribution in [0, 0.1) is 0 Å². The molecule has 0 aliphatic heterocycles. The van der Waals surface area contributed by atoms with Gasteiger partial charge in [0.2, 0.25) is 0 Å². The van der Waals surface area contributed by atoms with Crippen LogP contribution in [-0.4, -0.2) is 44.7 Å². The highest BCUT2D eigenvalue weighted by Gasteiger charge is 2.10. The zero-order chi connectivity index (χ0) is 15.7. The maximum absolute atomic E-state index is 11.4. The van der Waals surface area contributed by atoms with E-state index in [-0.39, 0.29) is 18.4 Å². The monoisotopic (exact) mass is 293 g/mol. The van der Waals surface area contributed by atoms with Crippen LogP contribution >= 0.6 is 0 Å². The summed E-state index contributed by atoms with van der Waals surface area (Å²) in [7, 11) is 4.78. The minimum absolute atomic E-state index is 0.186. The first-order valence-corrected chi connectivity index (χ1v) is 6.95. The Morgan fingerprint density at radius 2 is 1.67 bits per heavy atom. The highest BCUT2D eigenvalue weighted by molar-refractivity contribution is 5.72. The van der Waals surface area contributed by atoms with Crippen LogP contribution in [0.25, 0.3) is 0 Å². The standard InChI is InChI=1S/C16H23NO4/c1-17(10-6-9-15(18)20-2)12-14-8-5-4-7-13(14)11-16(19)21-3/h4-5,7-8H,6,9-12H2,1-3H3. The number of hydrogen-bond donors (Lipinski definition) is 0. The predicted molar refractivity (Wildman–Crippen MR) is 79.7 cm³/mol. The summed E-state index contributed by atoms with van der Waals surface area (Å²) in [5, 5.41) is 0. The van der Waals surface area contributed by atoms with E-state index in [0.29, 0.717) is 6.42 Å². The SMILES string of the molecule is COC(=O)CCCN(C)Cc1ccccc1CC(=O)OC. The van der Waals surface area contributed by atoms with Gasteiger partial charge in [0.25, 0.3) is 0 Å². The van der Waals surface area contributed by atoms with Crippen LogP contribution < -0.4 is 0 Å². The second-order valence-corrected chi connectivity index (χ2v) is 4.94. The topological polar surface area (TPSA) is 55.8 Å². The van der Waals surface area contributed by atoms with Crippen molar-refractivity contribution in [2.24, 2.45) is 0 Å². The lowest BCUT2D eigenvalue weighted by molar-refractivity contribution is -0.141. The Bertz CT molecular complexity index is 473. The maximum Gasteiger partial charge on any atom is 0.309 e. The molecule has 0 aliphatic rings. The number of methoxy groups -OCH3 is 2. The molecule has 1 aromatic rings. The molecule has 0 radical (unpaired) electrons. The van der Waals surface area contributed by atoms with E-state index in [2.05, 4.69) is 9.64 Å². The third-order valence-electron chi connectivity index (χ3n) is 3.27. The Balaban J connectivity index is 2.53. The van der Waals surface area contributed by atoms with E-state index in [1.807, 2.05) is 31.3 Å². The molecule has 5 nitrogen and oxygen atoms in total. The molecule has 1 aromatic carbocycles. The molecule has 0 N–H and O–H groups in total. The third kappa shape index (κ3) is 6.40. The molecule has 116 valence electrons. The second-order valence-electron chi connectivity index (χ2n) is 4.94. The van der Waals surface area contributed by atoms with Gasteiger partial charge in [0.1, 0.15) is 0 Å². The lowest BCUT2D eigenvalue weighted by Gasteiger charge is -2.18. The zero-order valence-electron chi connectivity index (χ0n) is 12.9. The molecule has 0 unspecified atom stereocenters. The van der Waals surface area contributed by atoms with Crippen LogP contribution in [0.15, 0.2) is 24.3 Å². The molecule has 0 saturated carbocycles. The molecule has 0 heterocycles. The highest BCUT2D eigenvalue weighted by atomic mass is 16.5. The number of carbonyl (C=O) groups excluding carboxylic acids is 2. The van der Waals surface area contributed by atoms with Crippen molar-refractivity contribution >= 4 is 11.9 Å². The van der Waals surface area contributed by atoms with Gasteiger partial charge in [-0.1, -0.05) is 24.3 Å². The van der Waals surface area contributed by atoms with Gasteiger partial charge in [-0.3, -0.25) is 9.59 Å². The minimum Gasteiger partial charge on any atom is -0.469 e. The van der Waals surface area contributed by atoms with Crippen LogP contribution in [0.4, 0.5) is 0 Å². The fourth-order valence-corrected chi connectivity index (χ4v) is 2.08. The molecule has 21 heavy (non-hydrogen) atoms. The first-order valence-electron chi connectivity index (χ1n) is 6.95. The maximum atomic E-state index is 11.4. The van der Waals surface area contributed by atoms with E-state index in [1.54, 1.807) is 0 Å². The van der Waals surface area contributed by atoms with Gasteiger partial charge < -0.3 is 14.4 Å². The lowest BCUT2D eigenvalue weighted by Crippen LogP contribution is -2.21. The van der Waals surface area contributed by atoms with Gasteiger partial charge >= 0.3 is 11.9 Å². The molecule has 0 atom stereocenters. The number of esters is 2. The summed E-state index contributed by atoms with van der Waals surface area (Å²) in [5.41, 5.74) is 2.08. The van der Waals surface area contributed by atoms with Gasteiger partial charge in [-0.05, 0) is 31.1 Å². The first kappa shape index (κ1) is 17.2. The Hall–Kier alpha value is -1.88. The molecular weight excluding hydrogens is 270 g/mol. The van der Waals surface area contributed by atoms with Crippen molar-refractivity contribution in [1.82, 2.24) is 4.90 Å². The van der Waals surface area contributed by atoms with Crippen LogP contribution in [0.1, 0.15) is 24.0 Å². The summed E-state index contributed by atoms with van der Waals surface area (Å²) in [4.78, 5) is 24.6. The molecule has 5 heteroatoms. The molecular formula is C16H23NO4. The summed E-state index contributed by atoms with van der Waals surface area (Å²) in [6.45, 7) is 1.52. The van der Waals surface area contributed by atoms with Gasteiger partial charge in [-0.25, -0.2) is 0 Å². The summed E-state index contributed by atoms with van der Waals surface area (Å²) < 4.78 is 9.33. The van der Waals surface area contributed by atoms with Crippen molar-refractivity contribution in [3.63, 3.8) is 0 Å². The van der Waals surface area contributed by atoms with Gasteiger partial charge in [-0.2, -0.15) is 0 Å². The van der Waals surface area contributed by atoms with Crippen molar-refractivity contribution in [2.45, 2.75) is 25.8 Å². The number of ether oxygens (including phenoxy) is 2. The quantitative estimate of drug-likeness (QED) is 0.684. The van der Waals surface area contributed by atoms with Crippen LogP contribution in [0.2, 0.25) is 0 Å². The van der Waals surface area contributed by atoms with Crippen molar-refractivity contribution < 1.29 is 19.1 Å². The van der Waals surface area contributed by atoms with Crippen LogP contribution in [-0.2, 0) is 32.0 Å². The Labute approximate surface area is 125 Å². The normalized spacial score (nSPS) is 10.5. The largest absolute Gasteiger partial charge is 0.469 e. The molecule has 0 aliphatic carbocycles. The van der Waals surface area contributed by atoms with Gasteiger partial charge in [-0.15, -0.1) is 0 Å². The number of hydrogen-bond acceptors (Lipinski definition) is 5. The molecule has 0 bridgehead atoms. The van der Waals surface area contributed by atoms with Crippen molar-refractivity contribution in [1.29, 1.82) is 0 Å². The molecule has 0 saturated heterocycles. The molecule has 0 fully saturated rings. The Morgan fingerprint density at radius 1 is 1.05 bits per heavy atom. The minimum atomic E-state index is -0.240. The van der Waals surface area contributed by atoms with Crippen molar-refractivity contribution in [3.8, 4) is 0 Å². The smallest absolute Gasteiger partial charge is 0.309 e. The summed E-state index contributed by atoms with van der Waals surface area (Å²) in [5.74, 6) is -0.426. The molecule has 0 amide bonds. The Morgan fingerprint density at radius 3 is 2.29 bits per heavy atom. The fraction of sp³-hybridized carbons (Fsp3) is 0.500. The summed E-state index contributed by atoms with van der Waals surface area (Å²) in [6, 6.07) is 7.82. The summed E-state index contributed by atoms with van der Waals surface area (Å²) in [6.07, 6.45) is 1.45. The third-order valence-corrected chi connectivity index (χ3v) is 3.27. The number of nitrogens with zero attached hydrogens (tertiary/aromatic N) is 1. The van der Waals surface area contributed by atoms with E-state index in [0.717, 1.165) is 30.6 Å². The number of carbonyl (C=O) groups is 2. The molecule has 1 rings (SSSR count). The lowest BCUT2D eigenvalue weighted by atomic mass is 10.0. The van der Waals surface area contributed by atoms with Crippen LogP contribution in [0.3, 0.4) is 0 Å². The predicted octanol–water partition coefficient (Wildman–Crippen LogP) is 1.79. The van der Waals surface area contributed by atoms with E-state index < -0.39 is 0 Å². The molecule has 0 spiro atoms. The van der Waals surface area contributed by atoms with Crippen LogP contribution in [0.5, 0.6) is 0 Å². The van der Waals surface area contributed by atoms with Gasteiger partial charge in [0, 0.05) is 13.0 Å². The molecule has 0 aromatic heterocycles. The number of rotatable bonds is 8. The first-order chi connectivity index (χ1) is 10.1. The second kappa shape index (κ2) is 9.13. The zero-order valence-corrected chi connectivity index (χ0v) is 12.9.